The van der Waals surface area contributed by atoms with E-state index in [-0.39, 0.29) is 24.5 Å². The molecule has 0 radical (unpaired) electrons. The van der Waals surface area contributed by atoms with Gasteiger partial charge in [-0.25, -0.2) is 0 Å². The first-order valence-corrected chi connectivity index (χ1v) is 15.2. The first-order valence-electron chi connectivity index (χ1n) is 15.2. The lowest BCUT2D eigenvalue weighted by molar-refractivity contribution is -0.158. The maximum absolute atomic E-state index is 14.5. The number of aliphatic hydroxyl groups is 1. The molecule has 1 aromatic rings. The van der Waals surface area contributed by atoms with E-state index in [4.69, 9.17) is 9.47 Å². The van der Waals surface area contributed by atoms with E-state index in [0.717, 1.165) is 37.3 Å². The number of unbranched alkanes of at least 4 members (excludes halogenated alkanes) is 2. The number of carbonyl (C=O) groups is 3. The van der Waals surface area contributed by atoms with E-state index in [1.165, 1.54) is 0 Å². The quantitative estimate of drug-likeness (QED) is 0.278. The van der Waals surface area contributed by atoms with Gasteiger partial charge in [0.15, 0.2) is 0 Å². The van der Waals surface area contributed by atoms with Crippen LogP contribution < -0.4 is 9.80 Å². The predicted octanol–water partition coefficient (Wildman–Crippen LogP) is 3.46. The van der Waals surface area contributed by atoms with E-state index in [1.54, 1.807) is 9.80 Å². The van der Waals surface area contributed by atoms with Crippen molar-refractivity contribution in [1.29, 1.82) is 0 Å². The number of fused-ring (bicyclic) bond motifs is 2. The molecule has 9 heteroatoms. The molecule has 6 atom stereocenters. The highest BCUT2D eigenvalue weighted by molar-refractivity contribution is 6.05. The first kappa shape index (κ1) is 29.3. The fourth-order valence-electron chi connectivity index (χ4n) is 6.92. The van der Waals surface area contributed by atoms with E-state index >= 15 is 0 Å². The summed E-state index contributed by atoms with van der Waals surface area (Å²) in [5.41, 5.74) is 0.556. The molecule has 0 aromatic heterocycles. The van der Waals surface area contributed by atoms with Crippen LogP contribution in [-0.2, 0) is 23.9 Å². The number of ether oxygens (including phenoxy) is 2. The molecule has 4 aliphatic heterocycles. The Hall–Kier alpha value is -3.17. The molecule has 0 saturated carbocycles. The average molecular weight is 566 g/mol. The molecular formula is C32H43N3O6. The molecule has 2 fully saturated rings. The van der Waals surface area contributed by atoms with Crippen LogP contribution in [0.2, 0.25) is 0 Å². The summed E-state index contributed by atoms with van der Waals surface area (Å²) in [5.74, 6) is -2.61. The summed E-state index contributed by atoms with van der Waals surface area (Å²) in [5, 5.41) is 9.27. The Morgan fingerprint density at radius 2 is 1.78 bits per heavy atom. The van der Waals surface area contributed by atoms with Gasteiger partial charge in [-0.1, -0.05) is 24.3 Å². The fourth-order valence-corrected chi connectivity index (χ4v) is 6.92. The third-order valence-electron chi connectivity index (χ3n) is 9.00. The monoisotopic (exact) mass is 565 g/mol. The van der Waals surface area contributed by atoms with Crippen LogP contribution in [-0.4, -0.2) is 84.4 Å². The highest BCUT2D eigenvalue weighted by Crippen LogP contribution is 2.53. The van der Waals surface area contributed by atoms with Gasteiger partial charge in [0.1, 0.15) is 17.6 Å². The summed E-state index contributed by atoms with van der Waals surface area (Å²) in [6.07, 6.45) is 10.1. The van der Waals surface area contributed by atoms with Gasteiger partial charge in [0, 0.05) is 44.2 Å². The molecule has 1 spiro atoms. The summed E-state index contributed by atoms with van der Waals surface area (Å²) in [4.78, 5) is 47.8. The number of hydrogen-bond donors (Lipinski definition) is 1. The topological polar surface area (TPSA) is 99.6 Å². The van der Waals surface area contributed by atoms with Crippen molar-refractivity contribution in [1.82, 2.24) is 4.90 Å². The van der Waals surface area contributed by atoms with Gasteiger partial charge in [0.25, 0.3) is 5.91 Å². The summed E-state index contributed by atoms with van der Waals surface area (Å²) >= 11 is 0. The Labute approximate surface area is 242 Å². The molecular weight excluding hydrogens is 522 g/mol. The third-order valence-corrected chi connectivity index (χ3v) is 9.00. The number of nitrogens with zero attached hydrogens (tertiary/aromatic N) is 3. The largest absolute Gasteiger partial charge is 0.462 e. The van der Waals surface area contributed by atoms with Crippen molar-refractivity contribution in [3.8, 4) is 0 Å². The Morgan fingerprint density at radius 3 is 2.49 bits per heavy atom. The minimum atomic E-state index is -1.28. The van der Waals surface area contributed by atoms with Crippen LogP contribution in [0.1, 0.15) is 52.9 Å². The van der Waals surface area contributed by atoms with Crippen molar-refractivity contribution in [3.63, 3.8) is 0 Å². The zero-order chi connectivity index (χ0) is 29.1. The van der Waals surface area contributed by atoms with Crippen LogP contribution in [0.25, 0.3) is 0 Å². The average Bonchev–Trinajstić information content (AvgIpc) is 3.36. The number of rotatable bonds is 9. The number of allylic oxidation sites excluding steroid dienone is 1. The molecule has 2 saturated heterocycles. The number of anilines is 2. The van der Waals surface area contributed by atoms with Crippen molar-refractivity contribution < 1.29 is 29.0 Å². The molecule has 1 aromatic carbocycles. The lowest BCUT2D eigenvalue weighted by atomic mass is 9.78. The summed E-state index contributed by atoms with van der Waals surface area (Å²) in [6, 6.07) is 7.03. The van der Waals surface area contributed by atoms with E-state index in [2.05, 4.69) is 18.7 Å². The number of cyclic esters (lactones) is 1. The van der Waals surface area contributed by atoms with Crippen molar-refractivity contribution in [2.24, 2.45) is 11.8 Å². The molecule has 5 rings (SSSR count). The van der Waals surface area contributed by atoms with E-state index in [1.807, 2.05) is 55.5 Å². The highest BCUT2D eigenvalue weighted by Gasteiger charge is 2.71. The molecule has 0 aliphatic carbocycles. The number of aliphatic hydroxyl groups excluding tert-OH is 1. The van der Waals surface area contributed by atoms with Gasteiger partial charge in [0.2, 0.25) is 5.91 Å². The third kappa shape index (κ3) is 5.30. The molecule has 222 valence electrons. The van der Waals surface area contributed by atoms with Crippen molar-refractivity contribution >= 4 is 29.2 Å². The first-order chi connectivity index (χ1) is 19.9. The van der Waals surface area contributed by atoms with Crippen LogP contribution in [0.4, 0.5) is 11.4 Å². The zero-order valence-corrected chi connectivity index (χ0v) is 24.4. The standard InChI is InChI=1S/C32H43N3O6/c1-4-33(5-2)23-14-16-24(17-15-23)34-20-11-18-32-27(26-25(41-32)13-8-7-12-22(3)40-31(26)39)29(37)35(28(32)30(34)38)19-9-6-10-21-36/h8,11,13-18,22,25-28,36H,4-7,9-10,12,19-21H2,1-3H3/b13-8-/t22?,25-,26?,27+,28-,32?/m1/s1. The van der Waals surface area contributed by atoms with Crippen LogP contribution >= 0.6 is 0 Å². The normalized spacial score (nSPS) is 31.9. The van der Waals surface area contributed by atoms with Crippen LogP contribution in [0.3, 0.4) is 0 Å². The number of hydrogen-bond acceptors (Lipinski definition) is 7. The SMILES string of the molecule is CCN(CC)c1ccc(N2CC=CC34O[C@@H]5/C=C\CCC(C)OC(=O)C5[C@H]3C(=O)N(CCCCCO)[C@@H]4C2=O)cc1. The van der Waals surface area contributed by atoms with Gasteiger partial charge in [-0.15, -0.1) is 0 Å². The fraction of sp³-hybridized carbons (Fsp3) is 0.594. The second kappa shape index (κ2) is 12.4. The summed E-state index contributed by atoms with van der Waals surface area (Å²) in [7, 11) is 0. The molecule has 2 amide bonds. The van der Waals surface area contributed by atoms with Crippen LogP contribution in [0.5, 0.6) is 0 Å². The second-order valence-electron chi connectivity index (χ2n) is 11.5. The van der Waals surface area contributed by atoms with Gasteiger partial charge in [0.05, 0.1) is 18.1 Å². The minimum Gasteiger partial charge on any atom is -0.462 e. The second-order valence-corrected chi connectivity index (χ2v) is 11.5. The van der Waals surface area contributed by atoms with Crippen molar-refractivity contribution in [3.05, 3.63) is 48.6 Å². The Kier molecular flexibility index (Phi) is 8.85. The molecule has 0 bridgehead atoms. The van der Waals surface area contributed by atoms with Crippen LogP contribution in [0.15, 0.2) is 48.6 Å². The Balaban J connectivity index is 1.52. The number of esters is 1. The maximum Gasteiger partial charge on any atom is 0.313 e. The van der Waals surface area contributed by atoms with Crippen LogP contribution in [0, 0.1) is 11.8 Å². The summed E-state index contributed by atoms with van der Waals surface area (Å²) < 4.78 is 12.5. The van der Waals surface area contributed by atoms with Gasteiger partial charge >= 0.3 is 5.97 Å². The van der Waals surface area contributed by atoms with E-state index < -0.39 is 35.6 Å². The van der Waals surface area contributed by atoms with Gasteiger partial charge < -0.3 is 29.3 Å². The molecule has 1 N–H and O–H groups in total. The number of amides is 2. The molecule has 4 aliphatic rings. The molecule has 9 nitrogen and oxygen atoms in total. The van der Waals surface area contributed by atoms with Crippen molar-refractivity contribution in [2.75, 3.05) is 42.6 Å². The smallest absolute Gasteiger partial charge is 0.313 e. The lowest BCUT2D eigenvalue weighted by Crippen LogP contribution is -2.55. The summed E-state index contributed by atoms with van der Waals surface area (Å²) in [6.45, 7) is 8.61. The number of carbonyl (C=O) groups excluding carboxylic acids is 3. The van der Waals surface area contributed by atoms with E-state index in [0.29, 0.717) is 32.4 Å². The van der Waals surface area contributed by atoms with Gasteiger partial charge in [-0.2, -0.15) is 0 Å². The Morgan fingerprint density at radius 1 is 1.02 bits per heavy atom. The Bertz CT molecular complexity index is 1180. The molecule has 4 heterocycles. The van der Waals surface area contributed by atoms with Gasteiger partial charge in [-0.05, 0) is 77.1 Å². The van der Waals surface area contributed by atoms with Crippen molar-refractivity contribution in [2.45, 2.75) is 76.7 Å². The lowest BCUT2D eigenvalue weighted by Gasteiger charge is -2.35. The van der Waals surface area contributed by atoms with Gasteiger partial charge in [-0.3, -0.25) is 14.4 Å². The molecule has 3 unspecified atom stereocenters. The predicted molar refractivity (Wildman–Crippen MR) is 156 cm³/mol. The maximum atomic E-state index is 14.5. The number of benzene rings is 1. The van der Waals surface area contributed by atoms with E-state index in [9.17, 15) is 19.5 Å². The highest BCUT2D eigenvalue weighted by atomic mass is 16.6. The zero-order valence-electron chi connectivity index (χ0n) is 24.4. The minimum absolute atomic E-state index is 0.0755. The molecule has 41 heavy (non-hydrogen) atoms. The number of likely N-dealkylation sites (tertiary alicyclic amines) is 1.